The summed E-state index contributed by atoms with van der Waals surface area (Å²) in [7, 11) is 2.15. The third-order valence-electron chi connectivity index (χ3n) is 5.26. The third kappa shape index (κ3) is 4.46. The Balaban J connectivity index is 1.57. The Morgan fingerprint density at radius 3 is 2.55 bits per heavy atom. The average Bonchev–Trinajstić information content (AvgIpc) is 3.26. The van der Waals surface area contributed by atoms with E-state index in [0.717, 1.165) is 48.9 Å². The van der Waals surface area contributed by atoms with E-state index in [1.807, 2.05) is 37.3 Å². The van der Waals surface area contributed by atoms with Crippen LogP contribution in [-0.4, -0.2) is 59.0 Å². The number of aryl methyl sites for hydroxylation is 1. The molecular formula is C22H26N6O. The third-order valence-corrected chi connectivity index (χ3v) is 5.26. The maximum Gasteiger partial charge on any atom is 0.258 e. The minimum atomic E-state index is -0.0706. The Morgan fingerprint density at radius 2 is 1.90 bits per heavy atom. The molecule has 0 unspecified atom stereocenters. The normalized spacial score (nSPS) is 14.8. The number of nitrogens with zero attached hydrogens (tertiary/aromatic N) is 5. The van der Waals surface area contributed by atoms with Gasteiger partial charge in [0.25, 0.3) is 5.91 Å². The van der Waals surface area contributed by atoms with Gasteiger partial charge in [0.05, 0.1) is 18.4 Å². The minimum absolute atomic E-state index is 0.0706. The van der Waals surface area contributed by atoms with Gasteiger partial charge in [0, 0.05) is 56.0 Å². The molecule has 150 valence electrons. The first-order valence-corrected chi connectivity index (χ1v) is 9.85. The number of nitrogens with one attached hydrogen (secondary N) is 1. The molecule has 1 amide bonds. The van der Waals surface area contributed by atoms with Gasteiger partial charge in [-0.3, -0.25) is 14.7 Å². The summed E-state index contributed by atoms with van der Waals surface area (Å²) in [5.74, 6) is 0.660. The van der Waals surface area contributed by atoms with E-state index in [-0.39, 0.29) is 5.91 Å². The molecule has 4 rings (SSSR count). The van der Waals surface area contributed by atoms with Crippen LogP contribution in [-0.2, 0) is 6.54 Å². The lowest BCUT2D eigenvalue weighted by Gasteiger charge is -2.34. The Bertz CT molecular complexity index is 946. The van der Waals surface area contributed by atoms with Crippen molar-refractivity contribution < 1.29 is 4.79 Å². The van der Waals surface area contributed by atoms with Gasteiger partial charge in [-0.25, -0.2) is 4.98 Å². The van der Waals surface area contributed by atoms with Crippen LogP contribution in [0.25, 0.3) is 0 Å². The lowest BCUT2D eigenvalue weighted by molar-refractivity contribution is 0.0984. The van der Waals surface area contributed by atoms with Crippen LogP contribution >= 0.6 is 0 Å². The summed E-state index contributed by atoms with van der Waals surface area (Å²) in [5.41, 5.74) is 3.57. The summed E-state index contributed by atoms with van der Waals surface area (Å²) in [6, 6.07) is 9.87. The first-order chi connectivity index (χ1) is 14.1. The molecule has 3 heterocycles. The van der Waals surface area contributed by atoms with E-state index in [0.29, 0.717) is 12.1 Å². The number of rotatable bonds is 5. The van der Waals surface area contributed by atoms with E-state index in [4.69, 9.17) is 0 Å². The lowest BCUT2D eigenvalue weighted by Crippen LogP contribution is -2.44. The second-order valence-electron chi connectivity index (χ2n) is 7.48. The van der Waals surface area contributed by atoms with Crippen molar-refractivity contribution in [2.24, 2.45) is 0 Å². The van der Waals surface area contributed by atoms with E-state index < -0.39 is 0 Å². The second-order valence-corrected chi connectivity index (χ2v) is 7.48. The van der Waals surface area contributed by atoms with Crippen LogP contribution in [0.3, 0.4) is 0 Å². The molecule has 0 radical (unpaired) electrons. The molecule has 2 aromatic heterocycles. The van der Waals surface area contributed by atoms with Crippen LogP contribution in [0.4, 0.5) is 11.4 Å². The molecule has 1 aliphatic rings. The van der Waals surface area contributed by atoms with Crippen LogP contribution in [0.15, 0.2) is 55.1 Å². The highest BCUT2D eigenvalue weighted by atomic mass is 16.2. The van der Waals surface area contributed by atoms with Crippen molar-refractivity contribution in [1.29, 1.82) is 0 Å². The molecular weight excluding hydrogens is 364 g/mol. The smallest absolute Gasteiger partial charge is 0.258 e. The number of aromatic amines is 1. The minimum Gasteiger partial charge on any atom is -0.369 e. The maximum absolute atomic E-state index is 13.3. The fraction of sp³-hybridized carbons (Fsp3) is 0.318. The van der Waals surface area contributed by atoms with Crippen molar-refractivity contribution in [3.63, 3.8) is 0 Å². The summed E-state index contributed by atoms with van der Waals surface area (Å²) < 4.78 is 0. The first kappa shape index (κ1) is 19.1. The molecule has 1 saturated heterocycles. The number of aromatic nitrogens is 3. The molecule has 0 spiro atoms. The topological polar surface area (TPSA) is 68.4 Å². The number of anilines is 2. The zero-order valence-electron chi connectivity index (χ0n) is 16.9. The maximum atomic E-state index is 13.3. The van der Waals surface area contributed by atoms with Crippen LogP contribution in [0.5, 0.6) is 0 Å². The van der Waals surface area contributed by atoms with E-state index in [9.17, 15) is 4.79 Å². The molecule has 7 nitrogen and oxygen atoms in total. The highest BCUT2D eigenvalue weighted by molar-refractivity contribution is 6.06. The molecule has 1 fully saturated rings. The number of carbonyl (C=O) groups is 1. The predicted octanol–water partition coefficient (Wildman–Crippen LogP) is 2.71. The van der Waals surface area contributed by atoms with Gasteiger partial charge in [0.2, 0.25) is 0 Å². The number of H-pyrrole nitrogens is 1. The van der Waals surface area contributed by atoms with Gasteiger partial charge in [0.1, 0.15) is 5.82 Å². The Morgan fingerprint density at radius 1 is 1.14 bits per heavy atom. The van der Waals surface area contributed by atoms with Gasteiger partial charge in [-0.15, -0.1) is 0 Å². The van der Waals surface area contributed by atoms with Crippen molar-refractivity contribution in [3.8, 4) is 0 Å². The number of pyridine rings is 1. The zero-order chi connectivity index (χ0) is 20.2. The molecule has 0 aliphatic carbocycles. The molecule has 29 heavy (non-hydrogen) atoms. The SMILES string of the molecule is Cc1cncc(N(Cc2ncc[nH]2)C(=O)c2ccc(N3CCN(C)CC3)cc2)c1. The van der Waals surface area contributed by atoms with E-state index in [1.54, 1.807) is 29.7 Å². The second kappa shape index (κ2) is 8.45. The van der Waals surface area contributed by atoms with Crippen LogP contribution in [0.2, 0.25) is 0 Å². The van der Waals surface area contributed by atoms with Crippen molar-refractivity contribution in [2.45, 2.75) is 13.5 Å². The standard InChI is InChI=1S/C22H26N6O/c1-17-13-20(15-23-14-17)28(16-21-24-7-8-25-21)22(29)18-3-5-19(6-4-18)27-11-9-26(2)10-12-27/h3-8,13-15H,9-12,16H2,1-2H3,(H,24,25). The molecule has 0 atom stereocenters. The van der Waals surface area contributed by atoms with Crippen LogP contribution < -0.4 is 9.80 Å². The number of likely N-dealkylation sites (N-methyl/N-ethyl adjacent to an activating group) is 1. The van der Waals surface area contributed by atoms with Crippen molar-refractivity contribution in [1.82, 2.24) is 19.9 Å². The molecule has 1 aromatic carbocycles. The van der Waals surface area contributed by atoms with Gasteiger partial charge < -0.3 is 14.8 Å². The van der Waals surface area contributed by atoms with E-state index in [2.05, 4.69) is 31.8 Å². The van der Waals surface area contributed by atoms with Gasteiger partial charge in [0.15, 0.2) is 0 Å². The Labute approximate surface area is 171 Å². The molecule has 1 aliphatic heterocycles. The Hall–Kier alpha value is -3.19. The van der Waals surface area contributed by atoms with Gasteiger partial charge in [-0.1, -0.05) is 0 Å². The number of hydrogen-bond acceptors (Lipinski definition) is 5. The summed E-state index contributed by atoms with van der Waals surface area (Å²) >= 11 is 0. The van der Waals surface area contributed by atoms with Crippen molar-refractivity contribution >= 4 is 17.3 Å². The summed E-state index contributed by atoms with van der Waals surface area (Å²) in [4.78, 5) is 31.4. The number of carbonyl (C=O) groups excluding carboxylic acids is 1. The largest absolute Gasteiger partial charge is 0.369 e. The number of benzene rings is 1. The molecule has 0 saturated carbocycles. The predicted molar refractivity (Wildman–Crippen MR) is 114 cm³/mol. The number of hydrogen-bond donors (Lipinski definition) is 1. The van der Waals surface area contributed by atoms with Gasteiger partial charge in [-0.05, 0) is 49.9 Å². The molecule has 7 heteroatoms. The van der Waals surface area contributed by atoms with E-state index in [1.165, 1.54) is 0 Å². The fourth-order valence-corrected chi connectivity index (χ4v) is 3.54. The van der Waals surface area contributed by atoms with Crippen molar-refractivity contribution in [2.75, 3.05) is 43.0 Å². The number of imidazole rings is 1. The fourth-order valence-electron chi connectivity index (χ4n) is 3.54. The quantitative estimate of drug-likeness (QED) is 0.726. The lowest BCUT2D eigenvalue weighted by atomic mass is 10.1. The highest BCUT2D eigenvalue weighted by Gasteiger charge is 2.21. The van der Waals surface area contributed by atoms with Crippen LogP contribution in [0.1, 0.15) is 21.7 Å². The summed E-state index contributed by atoms with van der Waals surface area (Å²) in [6.45, 7) is 6.44. The molecule has 0 bridgehead atoms. The molecule has 1 N–H and O–H groups in total. The molecule has 3 aromatic rings. The van der Waals surface area contributed by atoms with Crippen LogP contribution in [0, 0.1) is 6.92 Å². The average molecular weight is 390 g/mol. The number of amides is 1. The van der Waals surface area contributed by atoms with Crippen molar-refractivity contribution in [3.05, 3.63) is 72.1 Å². The van der Waals surface area contributed by atoms with E-state index >= 15 is 0 Å². The summed E-state index contributed by atoms with van der Waals surface area (Å²) in [5, 5.41) is 0. The zero-order valence-corrected chi connectivity index (χ0v) is 16.9. The number of piperazine rings is 1. The van der Waals surface area contributed by atoms with Gasteiger partial charge >= 0.3 is 0 Å². The monoisotopic (exact) mass is 390 g/mol. The highest BCUT2D eigenvalue weighted by Crippen LogP contribution is 2.22. The summed E-state index contributed by atoms with van der Waals surface area (Å²) in [6.07, 6.45) is 6.95. The Kier molecular flexibility index (Phi) is 5.57. The van der Waals surface area contributed by atoms with Gasteiger partial charge in [-0.2, -0.15) is 0 Å². The first-order valence-electron chi connectivity index (χ1n) is 9.85.